The number of rotatable bonds is 8. The van der Waals surface area contributed by atoms with E-state index in [0.29, 0.717) is 18.8 Å². The predicted octanol–water partition coefficient (Wildman–Crippen LogP) is 1.65. The Bertz CT molecular complexity index is 246. The Balaban J connectivity index is 4.27. The van der Waals surface area contributed by atoms with E-state index in [0.717, 1.165) is 6.42 Å². The van der Waals surface area contributed by atoms with Crippen molar-refractivity contribution in [1.82, 2.24) is 0 Å². The Morgan fingerprint density at radius 3 is 2.29 bits per heavy atom. The summed E-state index contributed by atoms with van der Waals surface area (Å²) in [6, 6.07) is 0. The molecule has 0 aliphatic heterocycles. The van der Waals surface area contributed by atoms with Crippen molar-refractivity contribution in [2.45, 2.75) is 52.2 Å². The van der Waals surface area contributed by atoms with Crippen LogP contribution in [-0.4, -0.2) is 35.0 Å². The van der Waals surface area contributed by atoms with Crippen LogP contribution in [-0.2, 0) is 9.53 Å². The number of esters is 1. The number of aliphatic hydroxyl groups is 2. The lowest BCUT2D eigenvalue weighted by Gasteiger charge is -2.20. The second-order valence-corrected chi connectivity index (χ2v) is 4.84. The van der Waals surface area contributed by atoms with Gasteiger partial charge in [0.1, 0.15) is 6.10 Å². The van der Waals surface area contributed by atoms with Crippen LogP contribution in [0, 0.1) is 5.92 Å². The summed E-state index contributed by atoms with van der Waals surface area (Å²) in [5, 5.41) is 18.0. The first kappa shape index (κ1) is 16.1. The van der Waals surface area contributed by atoms with Gasteiger partial charge in [-0.15, -0.1) is 0 Å². The molecule has 0 rings (SSSR count). The Kier molecular flexibility index (Phi) is 7.83. The van der Waals surface area contributed by atoms with Gasteiger partial charge in [0, 0.05) is 0 Å². The molecule has 0 aromatic carbocycles. The molecule has 0 aliphatic carbocycles. The minimum Gasteiger partial charge on any atom is -0.459 e. The van der Waals surface area contributed by atoms with Crippen LogP contribution in [0.2, 0.25) is 0 Å². The maximum atomic E-state index is 11.5. The number of aliphatic hydroxyl groups excluding tert-OH is 2. The molecule has 2 unspecified atom stereocenters. The average molecular weight is 244 g/mol. The Morgan fingerprint density at radius 1 is 1.29 bits per heavy atom. The summed E-state index contributed by atoms with van der Waals surface area (Å²) in [5.74, 6) is -0.145. The molecule has 0 saturated heterocycles. The minimum atomic E-state index is -0.552. The molecule has 0 heterocycles. The fraction of sp³-hybridized carbons (Fsp3) is 0.769. The zero-order chi connectivity index (χ0) is 13.4. The van der Waals surface area contributed by atoms with Crippen LogP contribution in [0.5, 0.6) is 0 Å². The van der Waals surface area contributed by atoms with Crippen molar-refractivity contribution in [2.24, 2.45) is 5.92 Å². The Hall–Kier alpha value is -0.870. The fourth-order valence-electron chi connectivity index (χ4n) is 1.48. The Morgan fingerprint density at radius 2 is 1.88 bits per heavy atom. The van der Waals surface area contributed by atoms with E-state index in [1.807, 2.05) is 13.8 Å². The zero-order valence-corrected chi connectivity index (χ0v) is 11.0. The molecule has 0 amide bonds. The number of ether oxygens (including phenoxy) is 1. The molecule has 2 atom stereocenters. The molecule has 0 fully saturated rings. The van der Waals surface area contributed by atoms with Crippen molar-refractivity contribution >= 4 is 5.97 Å². The number of carbonyl (C=O) groups is 1. The summed E-state index contributed by atoms with van der Waals surface area (Å²) >= 11 is 0. The summed E-state index contributed by atoms with van der Waals surface area (Å²) in [4.78, 5) is 11.5. The molecule has 0 aromatic heterocycles. The first-order valence-corrected chi connectivity index (χ1v) is 6.04. The van der Waals surface area contributed by atoms with Crippen molar-refractivity contribution in [1.29, 1.82) is 0 Å². The second-order valence-electron chi connectivity index (χ2n) is 4.84. The number of hydrogen-bond donors (Lipinski definition) is 2. The first-order valence-electron chi connectivity index (χ1n) is 6.04. The van der Waals surface area contributed by atoms with Crippen LogP contribution in [0.1, 0.15) is 40.0 Å². The molecular weight excluding hydrogens is 220 g/mol. The van der Waals surface area contributed by atoms with Gasteiger partial charge in [-0.25, -0.2) is 4.79 Å². The standard InChI is InChI=1S/C13H24O4/c1-9(2)7-12(6-5-11(4)15)17-13(16)10(3)8-14/h9,11-12,14-15H,3,5-8H2,1-2,4H3. The molecule has 0 saturated carbocycles. The van der Waals surface area contributed by atoms with Crippen LogP contribution < -0.4 is 0 Å². The van der Waals surface area contributed by atoms with Crippen LogP contribution in [0.3, 0.4) is 0 Å². The van der Waals surface area contributed by atoms with Crippen LogP contribution in [0.4, 0.5) is 0 Å². The van der Waals surface area contributed by atoms with Gasteiger partial charge >= 0.3 is 5.97 Å². The molecule has 0 radical (unpaired) electrons. The molecule has 0 aliphatic rings. The van der Waals surface area contributed by atoms with Crippen molar-refractivity contribution in [3.63, 3.8) is 0 Å². The molecule has 0 spiro atoms. The quantitative estimate of drug-likeness (QED) is 0.503. The summed E-state index contributed by atoms with van der Waals surface area (Å²) in [7, 11) is 0. The van der Waals surface area contributed by atoms with Gasteiger partial charge in [0.25, 0.3) is 0 Å². The minimum absolute atomic E-state index is 0.0656. The first-order chi connectivity index (χ1) is 7.86. The molecule has 100 valence electrons. The molecule has 4 nitrogen and oxygen atoms in total. The predicted molar refractivity (Wildman–Crippen MR) is 66.5 cm³/mol. The van der Waals surface area contributed by atoms with Gasteiger partial charge in [-0.3, -0.25) is 0 Å². The van der Waals surface area contributed by atoms with Gasteiger partial charge in [0.2, 0.25) is 0 Å². The third-order valence-electron chi connectivity index (χ3n) is 2.39. The van der Waals surface area contributed by atoms with E-state index in [9.17, 15) is 9.90 Å². The normalized spacial score (nSPS) is 14.5. The summed E-state index contributed by atoms with van der Waals surface area (Å²) in [5.41, 5.74) is 0.0656. The maximum Gasteiger partial charge on any atom is 0.336 e. The lowest BCUT2D eigenvalue weighted by atomic mass is 10.0. The van der Waals surface area contributed by atoms with E-state index in [1.165, 1.54) is 0 Å². The highest BCUT2D eigenvalue weighted by atomic mass is 16.5. The lowest BCUT2D eigenvalue weighted by Crippen LogP contribution is -2.23. The monoisotopic (exact) mass is 244 g/mol. The molecular formula is C13H24O4. The number of hydrogen-bond acceptors (Lipinski definition) is 4. The van der Waals surface area contributed by atoms with Crippen LogP contribution in [0.15, 0.2) is 12.2 Å². The van der Waals surface area contributed by atoms with E-state index >= 15 is 0 Å². The molecule has 2 N–H and O–H groups in total. The fourth-order valence-corrected chi connectivity index (χ4v) is 1.48. The highest BCUT2D eigenvalue weighted by Crippen LogP contribution is 2.16. The van der Waals surface area contributed by atoms with E-state index in [2.05, 4.69) is 6.58 Å². The van der Waals surface area contributed by atoms with Crippen molar-refractivity contribution in [3.05, 3.63) is 12.2 Å². The lowest BCUT2D eigenvalue weighted by molar-refractivity contribution is -0.146. The van der Waals surface area contributed by atoms with Gasteiger partial charge in [0.15, 0.2) is 0 Å². The smallest absolute Gasteiger partial charge is 0.336 e. The van der Waals surface area contributed by atoms with Crippen LogP contribution in [0.25, 0.3) is 0 Å². The molecule has 4 heteroatoms. The summed E-state index contributed by atoms with van der Waals surface area (Å²) < 4.78 is 5.25. The van der Waals surface area contributed by atoms with Gasteiger partial charge in [-0.1, -0.05) is 20.4 Å². The second kappa shape index (κ2) is 8.25. The van der Waals surface area contributed by atoms with Gasteiger partial charge in [-0.2, -0.15) is 0 Å². The van der Waals surface area contributed by atoms with Crippen LogP contribution >= 0.6 is 0 Å². The topological polar surface area (TPSA) is 66.8 Å². The van der Waals surface area contributed by atoms with Crippen molar-refractivity contribution in [2.75, 3.05) is 6.61 Å². The highest BCUT2D eigenvalue weighted by Gasteiger charge is 2.18. The van der Waals surface area contributed by atoms with Gasteiger partial charge in [0.05, 0.1) is 18.3 Å². The summed E-state index contributed by atoms with van der Waals surface area (Å²) in [6.45, 7) is 8.84. The number of carbonyl (C=O) groups excluding carboxylic acids is 1. The molecule has 17 heavy (non-hydrogen) atoms. The third-order valence-corrected chi connectivity index (χ3v) is 2.39. The Labute approximate surface area is 103 Å². The van der Waals surface area contributed by atoms with Gasteiger partial charge < -0.3 is 14.9 Å². The maximum absolute atomic E-state index is 11.5. The highest BCUT2D eigenvalue weighted by molar-refractivity contribution is 5.88. The SMILES string of the molecule is C=C(CO)C(=O)OC(CCC(C)O)CC(C)C. The van der Waals surface area contributed by atoms with E-state index in [1.54, 1.807) is 6.92 Å². The average Bonchev–Trinajstić information content (AvgIpc) is 2.23. The largest absolute Gasteiger partial charge is 0.459 e. The van der Waals surface area contributed by atoms with Crippen molar-refractivity contribution in [3.8, 4) is 0 Å². The van der Waals surface area contributed by atoms with E-state index < -0.39 is 12.1 Å². The zero-order valence-electron chi connectivity index (χ0n) is 11.0. The van der Waals surface area contributed by atoms with Gasteiger partial charge in [-0.05, 0) is 32.1 Å². The third kappa shape index (κ3) is 7.94. The summed E-state index contributed by atoms with van der Waals surface area (Å²) in [6.07, 6.45) is 1.35. The van der Waals surface area contributed by atoms with E-state index in [4.69, 9.17) is 9.84 Å². The molecule has 0 bridgehead atoms. The van der Waals surface area contributed by atoms with Crippen molar-refractivity contribution < 1.29 is 19.7 Å². The molecule has 0 aromatic rings. The van der Waals surface area contributed by atoms with E-state index in [-0.39, 0.29) is 18.3 Å².